The van der Waals surface area contributed by atoms with Gasteiger partial charge >= 0.3 is 12.0 Å². The lowest BCUT2D eigenvalue weighted by molar-refractivity contribution is -0.138. The van der Waals surface area contributed by atoms with Gasteiger partial charge in [-0.3, -0.25) is 0 Å². The van der Waals surface area contributed by atoms with Crippen LogP contribution in [-0.2, 0) is 4.79 Å². The smallest absolute Gasteiger partial charge is 0.326 e. The number of anilines is 1. The maximum atomic E-state index is 11.1. The molecular formula is C10H15ClN4O3. The van der Waals surface area contributed by atoms with Gasteiger partial charge in [-0.1, -0.05) is 19.8 Å². The van der Waals surface area contributed by atoms with Crippen molar-refractivity contribution in [1.82, 2.24) is 15.0 Å². The Morgan fingerprint density at radius 3 is 2.78 bits per heavy atom. The fourth-order valence-corrected chi connectivity index (χ4v) is 1.46. The van der Waals surface area contributed by atoms with E-state index in [0.717, 1.165) is 12.8 Å². The average Bonchev–Trinajstić information content (AvgIpc) is 2.33. The highest BCUT2D eigenvalue weighted by Gasteiger charge is 2.18. The number of unbranched alkanes of at least 4 members (excludes halogenated alkanes) is 1. The predicted molar refractivity (Wildman–Crippen MR) is 66.0 cm³/mol. The maximum Gasteiger partial charge on any atom is 0.326 e. The first kappa shape index (κ1) is 14.4. The van der Waals surface area contributed by atoms with E-state index < -0.39 is 12.0 Å². The van der Waals surface area contributed by atoms with Gasteiger partial charge in [0.15, 0.2) is 0 Å². The van der Waals surface area contributed by atoms with Gasteiger partial charge in [0.1, 0.15) is 6.04 Å². The Balaban J connectivity index is 2.79. The molecule has 2 N–H and O–H groups in total. The topological polar surface area (TPSA) is 97.2 Å². The molecule has 0 bridgehead atoms. The van der Waals surface area contributed by atoms with Crippen LogP contribution in [0.4, 0.5) is 5.95 Å². The molecule has 0 aliphatic rings. The summed E-state index contributed by atoms with van der Waals surface area (Å²) in [6, 6.07) is -0.717. The summed E-state index contributed by atoms with van der Waals surface area (Å²) in [5.74, 6) is -0.866. The molecule has 0 aliphatic heterocycles. The molecule has 0 aromatic carbocycles. The van der Waals surface area contributed by atoms with E-state index in [9.17, 15) is 4.79 Å². The van der Waals surface area contributed by atoms with Crippen molar-refractivity contribution in [3.8, 4) is 6.01 Å². The van der Waals surface area contributed by atoms with Gasteiger partial charge < -0.3 is 15.2 Å². The SMILES string of the molecule is CCCCC(Nc1nc(Cl)nc(OC)n1)C(=O)O. The third-order valence-electron chi connectivity index (χ3n) is 2.22. The van der Waals surface area contributed by atoms with Crippen molar-refractivity contribution < 1.29 is 14.6 Å². The number of nitrogens with one attached hydrogen (secondary N) is 1. The van der Waals surface area contributed by atoms with Crippen LogP contribution in [0.1, 0.15) is 26.2 Å². The van der Waals surface area contributed by atoms with Crippen LogP contribution >= 0.6 is 11.6 Å². The number of carboxylic acid groups (broad SMARTS) is 1. The molecule has 18 heavy (non-hydrogen) atoms. The molecule has 1 rings (SSSR count). The van der Waals surface area contributed by atoms with Crippen molar-refractivity contribution in [2.75, 3.05) is 12.4 Å². The third kappa shape index (κ3) is 4.33. The van der Waals surface area contributed by atoms with E-state index in [2.05, 4.69) is 20.3 Å². The number of hydrogen-bond donors (Lipinski definition) is 2. The summed E-state index contributed by atoms with van der Waals surface area (Å²) in [6.07, 6.45) is 2.18. The largest absolute Gasteiger partial charge is 0.480 e. The van der Waals surface area contributed by atoms with Gasteiger partial charge in [0.25, 0.3) is 0 Å². The van der Waals surface area contributed by atoms with E-state index in [0.29, 0.717) is 6.42 Å². The number of carboxylic acids is 1. The number of ether oxygens (including phenoxy) is 1. The summed E-state index contributed by atoms with van der Waals surface area (Å²) in [4.78, 5) is 22.4. The second kappa shape index (κ2) is 6.95. The minimum atomic E-state index is -0.959. The molecular weight excluding hydrogens is 260 g/mol. The summed E-state index contributed by atoms with van der Waals surface area (Å²) in [5.41, 5.74) is 0. The predicted octanol–water partition coefficient (Wildman–Crippen LogP) is 1.59. The maximum absolute atomic E-state index is 11.1. The van der Waals surface area contributed by atoms with Crippen molar-refractivity contribution in [2.24, 2.45) is 0 Å². The minimum absolute atomic E-state index is 0.0390. The molecule has 8 heteroatoms. The highest BCUT2D eigenvalue weighted by Crippen LogP contribution is 2.13. The molecule has 0 spiro atoms. The van der Waals surface area contributed by atoms with Gasteiger partial charge in [-0.2, -0.15) is 15.0 Å². The van der Waals surface area contributed by atoms with Crippen molar-refractivity contribution in [1.29, 1.82) is 0 Å². The normalized spacial score (nSPS) is 11.9. The van der Waals surface area contributed by atoms with Gasteiger partial charge in [0, 0.05) is 0 Å². The van der Waals surface area contributed by atoms with Crippen LogP contribution in [0, 0.1) is 0 Å². The lowest BCUT2D eigenvalue weighted by atomic mass is 10.1. The second-order valence-electron chi connectivity index (χ2n) is 3.59. The third-order valence-corrected chi connectivity index (χ3v) is 2.39. The molecule has 1 unspecified atom stereocenters. The van der Waals surface area contributed by atoms with Gasteiger partial charge in [0.05, 0.1) is 7.11 Å². The zero-order chi connectivity index (χ0) is 13.5. The average molecular weight is 275 g/mol. The summed E-state index contributed by atoms with van der Waals surface area (Å²) in [6.45, 7) is 1.99. The van der Waals surface area contributed by atoms with Crippen molar-refractivity contribution >= 4 is 23.5 Å². The number of methoxy groups -OCH3 is 1. The van der Waals surface area contributed by atoms with E-state index in [-0.39, 0.29) is 17.2 Å². The monoisotopic (exact) mass is 274 g/mol. The molecule has 0 aliphatic carbocycles. The van der Waals surface area contributed by atoms with Gasteiger partial charge in [0.2, 0.25) is 11.2 Å². The second-order valence-corrected chi connectivity index (χ2v) is 3.93. The number of aliphatic carboxylic acids is 1. The molecule has 0 saturated heterocycles. The molecule has 0 radical (unpaired) electrons. The number of rotatable bonds is 7. The first-order chi connectivity index (χ1) is 8.56. The lowest BCUT2D eigenvalue weighted by Crippen LogP contribution is -2.30. The van der Waals surface area contributed by atoms with Crippen molar-refractivity contribution in [2.45, 2.75) is 32.2 Å². The van der Waals surface area contributed by atoms with Gasteiger partial charge in [-0.15, -0.1) is 0 Å². The Bertz CT molecular complexity index is 416. The fourth-order valence-electron chi connectivity index (χ4n) is 1.31. The summed E-state index contributed by atoms with van der Waals surface area (Å²) < 4.78 is 4.82. The van der Waals surface area contributed by atoms with Crippen LogP contribution in [0.15, 0.2) is 0 Å². The van der Waals surface area contributed by atoms with Crippen LogP contribution in [0.3, 0.4) is 0 Å². The Labute approximate surface area is 110 Å². The van der Waals surface area contributed by atoms with Crippen LogP contribution in [0.25, 0.3) is 0 Å². The first-order valence-corrected chi connectivity index (χ1v) is 5.89. The van der Waals surface area contributed by atoms with Crippen LogP contribution in [0.2, 0.25) is 5.28 Å². The van der Waals surface area contributed by atoms with Gasteiger partial charge in [-0.05, 0) is 18.0 Å². The zero-order valence-electron chi connectivity index (χ0n) is 10.2. The van der Waals surface area contributed by atoms with E-state index in [1.165, 1.54) is 7.11 Å². The first-order valence-electron chi connectivity index (χ1n) is 5.51. The highest BCUT2D eigenvalue weighted by molar-refractivity contribution is 6.28. The summed E-state index contributed by atoms with van der Waals surface area (Å²) >= 11 is 5.67. The Hall–Kier alpha value is -1.63. The minimum Gasteiger partial charge on any atom is -0.480 e. The number of carbonyl (C=O) groups is 1. The molecule has 1 aromatic rings. The molecule has 100 valence electrons. The zero-order valence-corrected chi connectivity index (χ0v) is 10.9. The Morgan fingerprint density at radius 1 is 1.50 bits per heavy atom. The molecule has 0 fully saturated rings. The van der Waals surface area contributed by atoms with E-state index >= 15 is 0 Å². The van der Waals surface area contributed by atoms with Crippen LogP contribution in [-0.4, -0.2) is 39.2 Å². The lowest BCUT2D eigenvalue weighted by Gasteiger charge is -2.13. The molecule has 7 nitrogen and oxygen atoms in total. The number of aromatic nitrogens is 3. The van der Waals surface area contributed by atoms with E-state index in [1.807, 2.05) is 6.92 Å². The summed E-state index contributed by atoms with van der Waals surface area (Å²) in [5, 5.41) is 11.7. The van der Waals surface area contributed by atoms with Crippen LogP contribution < -0.4 is 10.1 Å². The molecule has 1 atom stereocenters. The molecule has 1 aromatic heterocycles. The quantitative estimate of drug-likeness (QED) is 0.779. The van der Waals surface area contributed by atoms with E-state index in [1.54, 1.807) is 0 Å². The summed E-state index contributed by atoms with van der Waals surface area (Å²) in [7, 11) is 1.39. The highest BCUT2D eigenvalue weighted by atomic mass is 35.5. The van der Waals surface area contributed by atoms with Crippen molar-refractivity contribution in [3.63, 3.8) is 0 Å². The molecule has 0 saturated carbocycles. The van der Waals surface area contributed by atoms with Crippen molar-refractivity contribution in [3.05, 3.63) is 5.28 Å². The standard InChI is InChI=1S/C10H15ClN4O3/c1-3-4-5-6(7(16)17)12-9-13-8(11)14-10(15-9)18-2/h6H,3-5H2,1-2H3,(H,16,17)(H,12,13,14,15). The number of nitrogens with zero attached hydrogens (tertiary/aromatic N) is 3. The Morgan fingerprint density at radius 2 is 2.22 bits per heavy atom. The number of halogens is 1. The van der Waals surface area contributed by atoms with E-state index in [4.69, 9.17) is 21.4 Å². The molecule has 1 heterocycles. The Kier molecular flexibility index (Phi) is 5.57. The number of hydrogen-bond acceptors (Lipinski definition) is 6. The van der Waals surface area contributed by atoms with Gasteiger partial charge in [-0.25, -0.2) is 4.79 Å². The molecule has 0 amide bonds. The fraction of sp³-hybridized carbons (Fsp3) is 0.600. The van der Waals surface area contributed by atoms with Crippen LogP contribution in [0.5, 0.6) is 6.01 Å².